The molecule has 0 atom stereocenters. The lowest BCUT2D eigenvalue weighted by molar-refractivity contribution is 0.0985. The van der Waals surface area contributed by atoms with Gasteiger partial charge in [-0.2, -0.15) is 0 Å². The molecule has 1 aromatic heterocycles. The number of nitrogens with zero attached hydrogens (tertiary/aromatic N) is 3. The lowest BCUT2D eigenvalue weighted by atomic mass is 10.1. The maximum Gasteiger partial charge on any atom is 0.260 e. The first kappa shape index (κ1) is 23.2. The van der Waals surface area contributed by atoms with Crippen molar-refractivity contribution < 1.29 is 14.3 Å². The molecule has 1 heterocycles. The Hall–Kier alpha value is -2.06. The number of likely N-dealkylation sites (N-methyl/N-ethyl adjacent to an activating group) is 1. The largest absolute Gasteiger partial charge is 0.493 e. The zero-order chi connectivity index (χ0) is 20.3. The van der Waals surface area contributed by atoms with Crippen LogP contribution < -0.4 is 14.4 Å². The predicted molar refractivity (Wildman–Crippen MR) is 122 cm³/mol. The van der Waals surface area contributed by atoms with Crippen LogP contribution in [-0.2, 0) is 0 Å². The summed E-state index contributed by atoms with van der Waals surface area (Å²) in [5, 5.41) is 1.28. The highest BCUT2D eigenvalue weighted by Crippen LogP contribution is 2.33. The number of anilines is 1. The van der Waals surface area contributed by atoms with Crippen LogP contribution in [0.1, 0.15) is 10.4 Å². The third kappa shape index (κ3) is 5.30. The molecule has 9 heteroatoms. The van der Waals surface area contributed by atoms with Crippen molar-refractivity contribution >= 4 is 56.6 Å². The average molecular weight is 456 g/mol. The summed E-state index contributed by atoms with van der Waals surface area (Å²) in [7, 11) is 7.05. The monoisotopic (exact) mass is 455 g/mol. The molecule has 3 aromatic rings. The van der Waals surface area contributed by atoms with Crippen molar-refractivity contribution in [2.75, 3.05) is 46.3 Å². The van der Waals surface area contributed by atoms with Gasteiger partial charge in [-0.3, -0.25) is 9.69 Å². The van der Waals surface area contributed by atoms with Crippen molar-refractivity contribution in [1.29, 1.82) is 0 Å². The second-order valence-corrected chi connectivity index (χ2v) is 7.88. The molecule has 0 fully saturated rings. The highest BCUT2D eigenvalue weighted by molar-refractivity contribution is 7.22. The summed E-state index contributed by atoms with van der Waals surface area (Å²) in [4.78, 5) is 21.7. The minimum Gasteiger partial charge on any atom is -0.493 e. The van der Waals surface area contributed by atoms with Crippen molar-refractivity contribution in [2.45, 2.75) is 0 Å². The Bertz CT molecular complexity index is 994. The molecule has 0 unspecified atom stereocenters. The van der Waals surface area contributed by atoms with E-state index in [0.717, 1.165) is 10.2 Å². The fourth-order valence-electron chi connectivity index (χ4n) is 2.71. The number of aromatic nitrogens is 1. The first-order chi connectivity index (χ1) is 13.4. The maximum atomic E-state index is 13.3. The summed E-state index contributed by atoms with van der Waals surface area (Å²) in [6.07, 6.45) is 0. The van der Waals surface area contributed by atoms with Crippen LogP contribution in [-0.4, -0.2) is 57.2 Å². The molecule has 0 aliphatic rings. The predicted octanol–water partition coefficient (Wildman–Crippen LogP) is 4.60. The van der Waals surface area contributed by atoms with Gasteiger partial charge in [-0.05, 0) is 50.5 Å². The van der Waals surface area contributed by atoms with Gasteiger partial charge in [0.2, 0.25) is 0 Å². The van der Waals surface area contributed by atoms with Gasteiger partial charge in [0.1, 0.15) is 0 Å². The molecule has 156 valence electrons. The molecule has 3 rings (SSSR count). The second kappa shape index (κ2) is 10.1. The molecule has 0 aliphatic carbocycles. The highest BCUT2D eigenvalue weighted by atomic mass is 35.5. The first-order valence-electron chi connectivity index (χ1n) is 8.67. The van der Waals surface area contributed by atoms with Crippen molar-refractivity contribution in [1.82, 2.24) is 9.88 Å². The lowest BCUT2D eigenvalue weighted by Gasteiger charge is -2.22. The van der Waals surface area contributed by atoms with E-state index >= 15 is 0 Å². The summed E-state index contributed by atoms with van der Waals surface area (Å²) in [5.74, 6) is 0.943. The van der Waals surface area contributed by atoms with E-state index in [1.165, 1.54) is 11.3 Å². The molecule has 0 aliphatic heterocycles. The Kier molecular flexibility index (Phi) is 8.10. The van der Waals surface area contributed by atoms with Crippen LogP contribution in [0, 0.1) is 0 Å². The number of carbonyl (C=O) groups is 1. The lowest BCUT2D eigenvalue weighted by Crippen LogP contribution is -2.36. The highest BCUT2D eigenvalue weighted by Gasteiger charge is 2.22. The molecule has 0 saturated carbocycles. The SMILES string of the molecule is COc1ccc(C(=O)N(CCN(C)C)c2nc3ccc(Cl)cc3s2)cc1OC.Cl. The van der Waals surface area contributed by atoms with Crippen molar-refractivity contribution in [2.24, 2.45) is 0 Å². The summed E-state index contributed by atoms with van der Waals surface area (Å²) in [6, 6.07) is 10.7. The molecule has 0 spiro atoms. The topological polar surface area (TPSA) is 54.9 Å². The zero-order valence-electron chi connectivity index (χ0n) is 16.6. The summed E-state index contributed by atoms with van der Waals surface area (Å²) >= 11 is 7.54. The van der Waals surface area contributed by atoms with Gasteiger partial charge < -0.3 is 14.4 Å². The van der Waals surface area contributed by atoms with Crippen molar-refractivity contribution in [3.63, 3.8) is 0 Å². The molecule has 2 aromatic carbocycles. The fourth-order valence-corrected chi connectivity index (χ4v) is 3.98. The number of amides is 1. The Morgan fingerprint density at radius 2 is 1.79 bits per heavy atom. The van der Waals surface area contributed by atoms with E-state index in [9.17, 15) is 4.79 Å². The Labute approximate surface area is 185 Å². The quantitative estimate of drug-likeness (QED) is 0.520. The van der Waals surface area contributed by atoms with Gasteiger partial charge in [-0.15, -0.1) is 12.4 Å². The van der Waals surface area contributed by atoms with Gasteiger partial charge >= 0.3 is 0 Å². The Morgan fingerprint density at radius 1 is 1.07 bits per heavy atom. The summed E-state index contributed by atoms with van der Waals surface area (Å²) < 4.78 is 11.5. The van der Waals surface area contributed by atoms with E-state index in [1.807, 2.05) is 31.1 Å². The Morgan fingerprint density at radius 3 is 2.45 bits per heavy atom. The van der Waals surface area contributed by atoms with Crippen LogP contribution in [0.2, 0.25) is 5.02 Å². The van der Waals surface area contributed by atoms with E-state index in [2.05, 4.69) is 4.98 Å². The van der Waals surface area contributed by atoms with E-state index in [-0.39, 0.29) is 18.3 Å². The van der Waals surface area contributed by atoms with E-state index < -0.39 is 0 Å². The molecule has 0 saturated heterocycles. The number of hydrogen-bond acceptors (Lipinski definition) is 6. The fraction of sp³-hybridized carbons (Fsp3) is 0.300. The molecule has 0 N–H and O–H groups in total. The van der Waals surface area contributed by atoms with Gasteiger partial charge in [-0.1, -0.05) is 22.9 Å². The van der Waals surface area contributed by atoms with Gasteiger partial charge in [0.25, 0.3) is 5.91 Å². The standard InChI is InChI=1S/C20H22ClN3O3S.ClH/c1-23(2)9-10-24(20-22-15-7-6-14(21)12-18(15)28-20)19(25)13-5-8-16(26-3)17(11-13)27-4;/h5-8,11-12H,9-10H2,1-4H3;1H. The van der Waals surface area contributed by atoms with Crippen LogP contribution in [0.3, 0.4) is 0 Å². The van der Waals surface area contributed by atoms with Gasteiger partial charge in [0, 0.05) is 23.7 Å². The number of halogens is 2. The molecule has 0 bridgehead atoms. The normalized spacial score (nSPS) is 10.7. The molecule has 29 heavy (non-hydrogen) atoms. The molecular weight excluding hydrogens is 433 g/mol. The molecule has 1 amide bonds. The zero-order valence-corrected chi connectivity index (χ0v) is 19.0. The number of ether oxygens (including phenoxy) is 2. The van der Waals surface area contributed by atoms with Crippen LogP contribution >= 0.6 is 35.3 Å². The van der Waals surface area contributed by atoms with Crippen molar-refractivity contribution in [3.8, 4) is 11.5 Å². The summed E-state index contributed by atoms with van der Waals surface area (Å²) in [5.41, 5.74) is 1.33. The van der Waals surface area contributed by atoms with E-state index in [4.69, 9.17) is 21.1 Å². The van der Waals surface area contributed by atoms with E-state index in [0.29, 0.717) is 40.3 Å². The van der Waals surface area contributed by atoms with Crippen molar-refractivity contribution in [3.05, 3.63) is 47.0 Å². The van der Waals surface area contributed by atoms with Gasteiger partial charge in [-0.25, -0.2) is 4.98 Å². The third-order valence-electron chi connectivity index (χ3n) is 4.22. The maximum absolute atomic E-state index is 13.3. The van der Waals surface area contributed by atoms with Gasteiger partial charge in [0.05, 0.1) is 24.4 Å². The number of benzene rings is 2. The third-order valence-corrected chi connectivity index (χ3v) is 5.49. The van der Waals surface area contributed by atoms with Crippen LogP contribution in [0.15, 0.2) is 36.4 Å². The minimum atomic E-state index is -0.145. The number of fused-ring (bicyclic) bond motifs is 1. The second-order valence-electron chi connectivity index (χ2n) is 6.44. The Balaban J connectivity index is 0.00000300. The van der Waals surface area contributed by atoms with E-state index in [1.54, 1.807) is 43.4 Å². The summed E-state index contributed by atoms with van der Waals surface area (Å²) in [6.45, 7) is 1.21. The number of methoxy groups -OCH3 is 2. The molecule has 0 radical (unpaired) electrons. The van der Waals surface area contributed by atoms with Crippen LogP contribution in [0.25, 0.3) is 10.2 Å². The van der Waals surface area contributed by atoms with Crippen LogP contribution in [0.5, 0.6) is 11.5 Å². The number of hydrogen-bond donors (Lipinski definition) is 0. The first-order valence-corrected chi connectivity index (χ1v) is 9.87. The smallest absolute Gasteiger partial charge is 0.260 e. The average Bonchev–Trinajstić information content (AvgIpc) is 3.09. The number of carbonyl (C=O) groups excluding carboxylic acids is 1. The molecule has 6 nitrogen and oxygen atoms in total. The minimum absolute atomic E-state index is 0. The molecular formula is C20H23Cl2N3O3S. The number of rotatable bonds is 7. The van der Waals surface area contributed by atoms with Crippen LogP contribution in [0.4, 0.5) is 5.13 Å². The van der Waals surface area contributed by atoms with Gasteiger partial charge in [0.15, 0.2) is 16.6 Å². The number of thiazole rings is 1.